The summed E-state index contributed by atoms with van der Waals surface area (Å²) in [5.41, 5.74) is 8.82. The topological polar surface area (TPSA) is 42.3 Å². The molecule has 0 saturated carbocycles. The third-order valence-corrected chi connectivity index (χ3v) is 7.38. The predicted molar refractivity (Wildman–Crippen MR) is 153 cm³/mol. The quantitative estimate of drug-likeness (QED) is 0.236. The minimum absolute atomic E-state index is 0.297. The highest BCUT2D eigenvalue weighted by atomic mass is 16.2. The molecule has 0 unspecified atom stereocenters. The van der Waals surface area contributed by atoms with Crippen LogP contribution in [0.25, 0.3) is 38.6 Å². The first kappa shape index (κ1) is 22.3. The second-order valence-corrected chi connectivity index (χ2v) is 9.94. The number of hydrogen-bond acceptors (Lipinski definition) is 2. The third kappa shape index (κ3) is 3.24. The van der Waals surface area contributed by atoms with Gasteiger partial charge in [0, 0.05) is 10.8 Å². The molecule has 0 fully saturated rings. The largest absolute Gasteiger partial charge is 0.308 e. The maximum Gasteiger partial charge on any atom is 0.268 e. The second kappa shape index (κ2) is 8.29. The molecule has 0 atom stereocenters. The zero-order valence-corrected chi connectivity index (χ0v) is 21.1. The summed E-state index contributed by atoms with van der Waals surface area (Å²) in [6.07, 6.45) is 0. The normalized spacial score (nSPS) is 13.1. The number of carbonyl (C=O) groups is 2. The van der Waals surface area contributed by atoms with Gasteiger partial charge in [-0.15, -0.1) is 0 Å². The molecule has 182 valence electrons. The van der Waals surface area contributed by atoms with Gasteiger partial charge in [-0.3, -0.25) is 9.59 Å². The van der Waals surface area contributed by atoms with Crippen LogP contribution in [-0.4, -0.2) is 16.4 Å². The van der Waals surface area contributed by atoms with Crippen LogP contribution in [-0.2, 0) is 0 Å². The van der Waals surface area contributed by atoms with E-state index in [2.05, 4.69) is 66.9 Å². The van der Waals surface area contributed by atoms with Crippen LogP contribution in [0.15, 0.2) is 109 Å². The van der Waals surface area contributed by atoms with Crippen LogP contribution in [0.4, 0.5) is 5.69 Å². The van der Waals surface area contributed by atoms with Gasteiger partial charge in [0.2, 0.25) is 0 Å². The van der Waals surface area contributed by atoms with Crippen molar-refractivity contribution >= 4 is 39.3 Å². The highest BCUT2D eigenvalue weighted by Crippen LogP contribution is 2.39. The van der Waals surface area contributed by atoms with Crippen molar-refractivity contribution in [2.45, 2.75) is 13.8 Å². The average Bonchev–Trinajstić information content (AvgIpc) is 3.39. The van der Waals surface area contributed by atoms with Crippen LogP contribution in [0.3, 0.4) is 0 Å². The molecule has 5 aromatic carbocycles. The summed E-state index contributed by atoms with van der Waals surface area (Å²) in [7, 11) is 0. The van der Waals surface area contributed by atoms with Crippen LogP contribution >= 0.6 is 0 Å². The molecule has 6 aromatic rings. The standard InChI is InChI=1S/C34H24N2O2/c1-21-17-22(2)19-24(18-21)23-15-16-27-26-11-6-7-13-29(26)36(31(27)20-23)30-14-8-12-28-32(30)34(38)35(33(28)37)25-9-4-3-5-10-25/h3-20H,1-2H3. The molecule has 4 nitrogen and oxygen atoms in total. The number of aromatic nitrogens is 1. The molecule has 7 rings (SSSR count). The lowest BCUT2D eigenvalue weighted by Crippen LogP contribution is -2.29. The second-order valence-electron chi connectivity index (χ2n) is 9.94. The monoisotopic (exact) mass is 492 g/mol. The molecule has 0 saturated heterocycles. The van der Waals surface area contributed by atoms with E-state index in [0.717, 1.165) is 32.9 Å². The molecule has 2 heterocycles. The Balaban J connectivity index is 1.51. The summed E-state index contributed by atoms with van der Waals surface area (Å²) < 4.78 is 2.13. The van der Waals surface area contributed by atoms with Crippen LogP contribution in [0.2, 0.25) is 0 Å². The number of para-hydroxylation sites is 2. The van der Waals surface area contributed by atoms with Gasteiger partial charge in [0.15, 0.2) is 0 Å². The molecular formula is C34H24N2O2. The zero-order valence-electron chi connectivity index (χ0n) is 21.1. The maximum atomic E-state index is 13.9. The van der Waals surface area contributed by atoms with Gasteiger partial charge in [0.05, 0.1) is 33.5 Å². The number of hydrogen-bond donors (Lipinski definition) is 0. The van der Waals surface area contributed by atoms with Crippen molar-refractivity contribution in [3.8, 4) is 16.8 Å². The van der Waals surface area contributed by atoms with Crippen molar-refractivity contribution in [3.63, 3.8) is 0 Å². The molecule has 0 spiro atoms. The van der Waals surface area contributed by atoms with E-state index in [0.29, 0.717) is 22.5 Å². The van der Waals surface area contributed by atoms with Crippen LogP contribution in [0.1, 0.15) is 31.8 Å². The Kier molecular flexibility index (Phi) is 4.85. The smallest absolute Gasteiger partial charge is 0.268 e. The number of fused-ring (bicyclic) bond motifs is 4. The van der Waals surface area contributed by atoms with Crippen LogP contribution < -0.4 is 4.90 Å². The fourth-order valence-electron chi connectivity index (χ4n) is 5.82. The van der Waals surface area contributed by atoms with Crippen molar-refractivity contribution < 1.29 is 9.59 Å². The fourth-order valence-corrected chi connectivity index (χ4v) is 5.82. The highest BCUT2D eigenvalue weighted by molar-refractivity contribution is 6.35. The fraction of sp³-hybridized carbons (Fsp3) is 0.0588. The predicted octanol–water partition coefficient (Wildman–Crippen LogP) is 7.87. The molecule has 0 bridgehead atoms. The highest BCUT2D eigenvalue weighted by Gasteiger charge is 2.39. The lowest BCUT2D eigenvalue weighted by molar-refractivity contribution is 0.0926. The van der Waals surface area contributed by atoms with E-state index in [1.807, 2.05) is 42.5 Å². The molecule has 1 aliphatic heterocycles. The van der Waals surface area contributed by atoms with E-state index >= 15 is 0 Å². The lowest BCUT2D eigenvalue weighted by Gasteiger charge is -2.14. The Bertz CT molecular complexity index is 1910. The SMILES string of the molecule is Cc1cc(C)cc(-c2ccc3c4ccccc4n(-c4cccc5c4C(=O)N(c4ccccc4)C5=O)c3c2)c1. The van der Waals surface area contributed by atoms with E-state index in [1.165, 1.54) is 16.0 Å². The van der Waals surface area contributed by atoms with Gasteiger partial charge >= 0.3 is 0 Å². The van der Waals surface area contributed by atoms with E-state index in [4.69, 9.17) is 0 Å². The van der Waals surface area contributed by atoms with E-state index in [-0.39, 0.29) is 11.8 Å². The van der Waals surface area contributed by atoms with Gasteiger partial charge in [-0.25, -0.2) is 4.90 Å². The summed E-state index contributed by atoms with van der Waals surface area (Å²) in [5.74, 6) is -0.599. The summed E-state index contributed by atoms with van der Waals surface area (Å²) in [6.45, 7) is 4.22. The number of nitrogens with zero attached hydrogens (tertiary/aromatic N) is 2. The van der Waals surface area contributed by atoms with Gasteiger partial charge in [0.1, 0.15) is 0 Å². The van der Waals surface area contributed by atoms with Crippen LogP contribution in [0, 0.1) is 13.8 Å². The molecule has 1 aromatic heterocycles. The summed E-state index contributed by atoms with van der Waals surface area (Å²) in [6, 6.07) is 36.0. The van der Waals surface area contributed by atoms with Gasteiger partial charge in [-0.2, -0.15) is 0 Å². The molecule has 0 radical (unpaired) electrons. The molecule has 1 aliphatic rings. The van der Waals surface area contributed by atoms with Crippen molar-refractivity contribution in [3.05, 3.63) is 131 Å². The number of benzene rings is 5. The summed E-state index contributed by atoms with van der Waals surface area (Å²) >= 11 is 0. The number of amides is 2. The molecule has 38 heavy (non-hydrogen) atoms. The number of carbonyl (C=O) groups excluding carboxylic acids is 2. The first-order valence-electron chi connectivity index (χ1n) is 12.7. The number of rotatable bonds is 3. The van der Waals surface area contributed by atoms with Crippen molar-refractivity contribution in [1.29, 1.82) is 0 Å². The summed E-state index contributed by atoms with van der Waals surface area (Å²) in [5, 5.41) is 2.20. The van der Waals surface area contributed by atoms with Gasteiger partial charge in [-0.1, -0.05) is 83.9 Å². The molecular weight excluding hydrogens is 468 g/mol. The Hall–Kier alpha value is -4.96. The van der Waals surface area contributed by atoms with Crippen molar-refractivity contribution in [2.24, 2.45) is 0 Å². The van der Waals surface area contributed by atoms with Gasteiger partial charge < -0.3 is 4.57 Å². The third-order valence-electron chi connectivity index (χ3n) is 7.38. The Labute approximate surface area is 220 Å². The van der Waals surface area contributed by atoms with Gasteiger partial charge in [-0.05, 0) is 61.4 Å². The average molecular weight is 493 g/mol. The molecule has 0 aliphatic carbocycles. The van der Waals surface area contributed by atoms with E-state index in [1.54, 1.807) is 18.2 Å². The molecule has 2 amide bonds. The van der Waals surface area contributed by atoms with E-state index in [9.17, 15) is 9.59 Å². The molecule has 0 N–H and O–H groups in total. The Morgan fingerprint density at radius 3 is 2.05 bits per heavy atom. The number of aryl methyl sites for hydroxylation is 2. The minimum atomic E-state index is -0.303. The number of anilines is 1. The van der Waals surface area contributed by atoms with Crippen molar-refractivity contribution in [1.82, 2.24) is 4.57 Å². The first-order chi connectivity index (χ1) is 18.5. The number of imide groups is 1. The van der Waals surface area contributed by atoms with Crippen molar-refractivity contribution in [2.75, 3.05) is 4.90 Å². The maximum absolute atomic E-state index is 13.9. The molecule has 4 heteroatoms. The van der Waals surface area contributed by atoms with E-state index < -0.39 is 0 Å². The minimum Gasteiger partial charge on any atom is -0.308 e. The summed E-state index contributed by atoms with van der Waals surface area (Å²) in [4.78, 5) is 28.6. The Morgan fingerprint density at radius 2 is 1.26 bits per heavy atom. The zero-order chi connectivity index (χ0) is 26.0. The first-order valence-corrected chi connectivity index (χ1v) is 12.7. The van der Waals surface area contributed by atoms with Gasteiger partial charge in [0.25, 0.3) is 11.8 Å². The Morgan fingerprint density at radius 1 is 0.553 bits per heavy atom. The lowest BCUT2D eigenvalue weighted by atomic mass is 9.99. The van der Waals surface area contributed by atoms with Crippen LogP contribution in [0.5, 0.6) is 0 Å².